The van der Waals surface area contributed by atoms with Crippen molar-refractivity contribution < 1.29 is 0 Å². The van der Waals surface area contributed by atoms with Crippen LogP contribution in [-0.2, 0) is 0 Å². The molecule has 16 heavy (non-hydrogen) atoms. The van der Waals surface area contributed by atoms with Crippen molar-refractivity contribution in [3.63, 3.8) is 0 Å². The number of rotatable bonds is 1. The van der Waals surface area contributed by atoms with E-state index < -0.39 is 0 Å². The maximum absolute atomic E-state index is 5.98. The molecule has 0 spiro atoms. The van der Waals surface area contributed by atoms with Gasteiger partial charge in [0.1, 0.15) is 6.33 Å². The Balaban J connectivity index is 0.000000606. The summed E-state index contributed by atoms with van der Waals surface area (Å²) in [6, 6.07) is 5.17. The second kappa shape index (κ2) is 6.03. The topological polar surface area (TPSA) is 33.6 Å². The molecule has 0 aliphatic carbocycles. The van der Waals surface area contributed by atoms with Gasteiger partial charge >= 0.3 is 0 Å². The van der Waals surface area contributed by atoms with Gasteiger partial charge in [0.25, 0.3) is 0 Å². The third kappa shape index (κ3) is 3.07. The standard InChI is InChI=1S/C8H5Cl2N3S.C2H6/c9-5-1-2-6(10)7(3-5)13-4-11-8(14)12-13;1-2/h1-4H,(H,12,14);1-2H3. The molecule has 1 heterocycles. The lowest BCUT2D eigenvalue weighted by Crippen LogP contribution is -1.95. The van der Waals surface area contributed by atoms with E-state index in [1.165, 1.54) is 0 Å². The van der Waals surface area contributed by atoms with Crippen LogP contribution in [0.1, 0.15) is 13.8 Å². The van der Waals surface area contributed by atoms with Crippen molar-refractivity contribution >= 4 is 35.4 Å². The van der Waals surface area contributed by atoms with E-state index in [0.717, 1.165) is 5.69 Å². The molecule has 3 nitrogen and oxygen atoms in total. The Kier molecular flexibility index (Phi) is 4.99. The molecular formula is C10H11Cl2N3S. The number of benzene rings is 1. The van der Waals surface area contributed by atoms with Gasteiger partial charge < -0.3 is 0 Å². The number of aromatic nitrogens is 3. The van der Waals surface area contributed by atoms with Crippen LogP contribution >= 0.6 is 35.4 Å². The molecule has 2 aromatic rings. The van der Waals surface area contributed by atoms with Gasteiger partial charge in [0.2, 0.25) is 4.77 Å². The summed E-state index contributed by atoms with van der Waals surface area (Å²) in [5.74, 6) is 0. The minimum Gasteiger partial charge on any atom is -0.267 e. The Bertz CT molecular complexity index is 519. The molecule has 0 amide bonds. The fourth-order valence-corrected chi connectivity index (χ4v) is 1.58. The smallest absolute Gasteiger partial charge is 0.213 e. The minimum atomic E-state index is 0.404. The quantitative estimate of drug-likeness (QED) is 0.789. The molecule has 0 atom stereocenters. The molecule has 0 aliphatic heterocycles. The van der Waals surface area contributed by atoms with Crippen LogP contribution in [0.5, 0.6) is 0 Å². The van der Waals surface area contributed by atoms with Gasteiger partial charge in [-0.1, -0.05) is 37.0 Å². The largest absolute Gasteiger partial charge is 0.267 e. The minimum absolute atomic E-state index is 0.404. The first kappa shape index (κ1) is 13.2. The second-order valence-corrected chi connectivity index (χ2v) is 3.86. The van der Waals surface area contributed by atoms with Crippen molar-refractivity contribution in [2.45, 2.75) is 13.8 Å². The molecule has 1 aromatic carbocycles. The first-order valence-electron chi connectivity index (χ1n) is 4.76. The van der Waals surface area contributed by atoms with Gasteiger partial charge in [-0.05, 0) is 30.4 Å². The van der Waals surface area contributed by atoms with E-state index in [-0.39, 0.29) is 0 Å². The number of nitrogens with zero attached hydrogens (tertiary/aromatic N) is 2. The number of nitrogens with one attached hydrogen (secondary N) is 1. The number of hydrogen-bond donors (Lipinski definition) is 1. The molecule has 0 radical (unpaired) electrons. The molecular weight excluding hydrogens is 265 g/mol. The van der Waals surface area contributed by atoms with E-state index in [9.17, 15) is 0 Å². The third-order valence-corrected chi connectivity index (χ3v) is 2.43. The lowest BCUT2D eigenvalue weighted by molar-refractivity contribution is 0.874. The fraction of sp³-hybridized carbons (Fsp3) is 0.200. The summed E-state index contributed by atoms with van der Waals surface area (Å²) < 4.78 is 2.03. The van der Waals surface area contributed by atoms with Gasteiger partial charge in [-0.2, -0.15) is 0 Å². The highest BCUT2D eigenvalue weighted by molar-refractivity contribution is 7.71. The van der Waals surface area contributed by atoms with Crippen LogP contribution < -0.4 is 0 Å². The average molecular weight is 276 g/mol. The van der Waals surface area contributed by atoms with Gasteiger partial charge in [-0.25, -0.2) is 9.67 Å². The highest BCUT2D eigenvalue weighted by atomic mass is 35.5. The van der Waals surface area contributed by atoms with E-state index in [2.05, 4.69) is 10.1 Å². The SMILES string of the molecule is CC.S=c1ncn(-c2cc(Cl)ccc2Cl)[nH]1. The van der Waals surface area contributed by atoms with Gasteiger partial charge in [0.05, 0.1) is 10.7 Å². The van der Waals surface area contributed by atoms with Crippen LogP contribution in [0.15, 0.2) is 24.5 Å². The van der Waals surface area contributed by atoms with Crippen molar-refractivity contribution in [1.82, 2.24) is 14.8 Å². The molecule has 0 saturated carbocycles. The molecule has 1 N–H and O–H groups in total. The van der Waals surface area contributed by atoms with Crippen LogP contribution in [-0.4, -0.2) is 14.8 Å². The summed E-state index contributed by atoms with van der Waals surface area (Å²) >= 11 is 16.7. The second-order valence-electron chi connectivity index (χ2n) is 2.63. The zero-order chi connectivity index (χ0) is 12.1. The van der Waals surface area contributed by atoms with Crippen LogP contribution in [0.25, 0.3) is 5.69 Å². The van der Waals surface area contributed by atoms with E-state index in [1.807, 2.05) is 13.8 Å². The first-order chi connectivity index (χ1) is 7.66. The summed E-state index contributed by atoms with van der Waals surface area (Å²) in [6.45, 7) is 4.00. The Labute approximate surface area is 109 Å². The molecule has 1 aromatic heterocycles. The highest BCUT2D eigenvalue weighted by Gasteiger charge is 2.03. The third-order valence-electron chi connectivity index (χ3n) is 1.67. The molecule has 2 rings (SSSR count). The summed E-state index contributed by atoms with van der Waals surface area (Å²) in [5.41, 5.74) is 0.725. The Morgan fingerprint density at radius 2 is 2.00 bits per heavy atom. The zero-order valence-electron chi connectivity index (χ0n) is 8.87. The van der Waals surface area contributed by atoms with Crippen molar-refractivity contribution in [3.8, 4) is 5.69 Å². The van der Waals surface area contributed by atoms with Crippen LogP contribution in [0.3, 0.4) is 0 Å². The molecule has 6 heteroatoms. The van der Waals surface area contributed by atoms with Gasteiger partial charge in [0.15, 0.2) is 0 Å². The normalized spacial score (nSPS) is 9.50. The van der Waals surface area contributed by atoms with E-state index >= 15 is 0 Å². The Morgan fingerprint density at radius 3 is 2.56 bits per heavy atom. The predicted molar refractivity (Wildman–Crippen MR) is 70.1 cm³/mol. The van der Waals surface area contributed by atoms with Gasteiger partial charge in [0, 0.05) is 5.02 Å². The molecule has 0 unspecified atom stereocenters. The molecule has 0 aliphatic rings. The summed E-state index contributed by atoms with van der Waals surface area (Å²) in [6.07, 6.45) is 1.56. The van der Waals surface area contributed by atoms with Crippen molar-refractivity contribution in [1.29, 1.82) is 0 Å². The fourth-order valence-electron chi connectivity index (χ4n) is 1.06. The number of H-pyrrole nitrogens is 1. The van der Waals surface area contributed by atoms with Crippen molar-refractivity contribution in [3.05, 3.63) is 39.3 Å². The number of aromatic amines is 1. The first-order valence-corrected chi connectivity index (χ1v) is 5.92. The van der Waals surface area contributed by atoms with Crippen LogP contribution in [0.4, 0.5) is 0 Å². The van der Waals surface area contributed by atoms with Crippen molar-refractivity contribution in [2.24, 2.45) is 0 Å². The van der Waals surface area contributed by atoms with E-state index in [0.29, 0.717) is 14.8 Å². The lowest BCUT2D eigenvalue weighted by Gasteiger charge is -2.04. The summed E-state index contributed by atoms with van der Waals surface area (Å²) in [4.78, 5) is 3.88. The maximum Gasteiger partial charge on any atom is 0.213 e. The monoisotopic (exact) mass is 275 g/mol. The molecule has 0 fully saturated rings. The molecule has 0 saturated heterocycles. The molecule has 86 valence electrons. The number of hydrogen-bond acceptors (Lipinski definition) is 2. The summed E-state index contributed by atoms with van der Waals surface area (Å²) in [5, 5.41) is 4.03. The molecule has 0 bridgehead atoms. The van der Waals surface area contributed by atoms with E-state index in [1.54, 1.807) is 29.2 Å². The van der Waals surface area contributed by atoms with Crippen LogP contribution in [0, 0.1) is 4.77 Å². The summed E-state index contributed by atoms with van der Waals surface area (Å²) in [7, 11) is 0. The van der Waals surface area contributed by atoms with Gasteiger partial charge in [-0.3, -0.25) is 5.10 Å². The Morgan fingerprint density at radius 1 is 1.31 bits per heavy atom. The lowest BCUT2D eigenvalue weighted by atomic mass is 10.3. The van der Waals surface area contributed by atoms with Crippen LogP contribution in [0.2, 0.25) is 10.0 Å². The highest BCUT2D eigenvalue weighted by Crippen LogP contribution is 2.23. The maximum atomic E-state index is 5.98. The van der Waals surface area contributed by atoms with Gasteiger partial charge in [-0.15, -0.1) is 0 Å². The van der Waals surface area contributed by atoms with Crippen molar-refractivity contribution in [2.75, 3.05) is 0 Å². The average Bonchev–Trinajstić information content (AvgIpc) is 2.71. The number of halogens is 2. The predicted octanol–water partition coefficient (Wildman–Crippen LogP) is 4.26. The van der Waals surface area contributed by atoms with E-state index in [4.69, 9.17) is 35.4 Å². The Hall–Kier alpha value is -0.840. The zero-order valence-corrected chi connectivity index (χ0v) is 11.2.